The summed E-state index contributed by atoms with van der Waals surface area (Å²) in [4.78, 5) is 10.3. The van der Waals surface area contributed by atoms with Crippen molar-refractivity contribution in [2.75, 3.05) is 6.67 Å². The van der Waals surface area contributed by atoms with Gasteiger partial charge in [0.15, 0.2) is 0 Å². The largest absolute Gasteiger partial charge is 0.481 e. The Morgan fingerprint density at radius 3 is 1.29 bits per heavy atom. The summed E-state index contributed by atoms with van der Waals surface area (Å²) in [5, 5.41) is 8.48. The van der Waals surface area contributed by atoms with Gasteiger partial charge < -0.3 is 5.11 Å². The van der Waals surface area contributed by atoms with Crippen molar-refractivity contribution in [2.24, 2.45) is 0 Å². The second-order valence-corrected chi connectivity index (χ2v) is 5.09. The number of allylic oxidation sites excluding steroid dienone is 12. The fraction of sp³-hybridized carbons (Fsp3) is 0.381. The zero-order chi connectivity index (χ0) is 17.7. The lowest BCUT2D eigenvalue weighted by molar-refractivity contribution is -0.136. The van der Waals surface area contributed by atoms with Crippen molar-refractivity contribution in [1.29, 1.82) is 0 Å². The number of hydrogen-bond donors (Lipinski definition) is 1. The molecule has 0 bridgehead atoms. The van der Waals surface area contributed by atoms with E-state index < -0.39 is 12.6 Å². The maximum Gasteiger partial charge on any atom is 0.303 e. The zero-order valence-electron chi connectivity index (χ0n) is 14.3. The average Bonchev–Trinajstić information content (AvgIpc) is 2.56. The van der Waals surface area contributed by atoms with E-state index in [1.54, 1.807) is 0 Å². The number of hydrogen-bond acceptors (Lipinski definition) is 1. The summed E-state index contributed by atoms with van der Waals surface area (Å²) in [7, 11) is 0. The topological polar surface area (TPSA) is 37.3 Å². The van der Waals surface area contributed by atoms with Crippen molar-refractivity contribution in [2.45, 2.75) is 44.9 Å². The molecule has 0 aliphatic carbocycles. The quantitative estimate of drug-likeness (QED) is 0.390. The van der Waals surface area contributed by atoms with E-state index in [9.17, 15) is 9.18 Å². The SMILES string of the molecule is O=C(O)CC/C=C\C/C=C\C/C=C\C/C=C\C/C=C\C/C=C\CF. The Labute approximate surface area is 145 Å². The molecule has 0 fully saturated rings. The van der Waals surface area contributed by atoms with E-state index in [0.29, 0.717) is 6.42 Å². The number of carbonyl (C=O) groups is 1. The molecule has 0 saturated carbocycles. The first kappa shape index (κ1) is 21.8. The lowest BCUT2D eigenvalue weighted by atomic mass is 10.2. The number of carboxylic acid groups (broad SMARTS) is 1. The van der Waals surface area contributed by atoms with Gasteiger partial charge in [0, 0.05) is 6.42 Å². The molecule has 0 unspecified atom stereocenters. The molecular weight excluding hydrogens is 303 g/mol. The van der Waals surface area contributed by atoms with E-state index in [-0.39, 0.29) is 6.42 Å². The smallest absolute Gasteiger partial charge is 0.303 e. The first-order chi connectivity index (χ1) is 11.8. The Kier molecular flexibility index (Phi) is 17.2. The molecule has 0 aromatic rings. The Morgan fingerprint density at radius 2 is 0.958 bits per heavy atom. The molecule has 2 nitrogen and oxygen atoms in total. The molecule has 0 rings (SSSR count). The number of rotatable bonds is 14. The Hall–Kier alpha value is -2.16. The molecule has 3 heteroatoms. The zero-order valence-corrected chi connectivity index (χ0v) is 14.3. The molecule has 0 aromatic heterocycles. The van der Waals surface area contributed by atoms with Crippen molar-refractivity contribution >= 4 is 5.97 Å². The van der Waals surface area contributed by atoms with Gasteiger partial charge in [0.25, 0.3) is 0 Å². The van der Waals surface area contributed by atoms with Crippen LogP contribution in [0.2, 0.25) is 0 Å². The molecule has 0 radical (unpaired) electrons. The minimum atomic E-state index is -0.754. The van der Waals surface area contributed by atoms with Gasteiger partial charge in [-0.3, -0.25) is 4.79 Å². The Morgan fingerprint density at radius 1 is 0.625 bits per heavy atom. The van der Waals surface area contributed by atoms with Crippen LogP contribution in [-0.2, 0) is 4.79 Å². The lowest BCUT2D eigenvalue weighted by Gasteiger charge is -1.87. The van der Waals surface area contributed by atoms with E-state index in [4.69, 9.17) is 5.11 Å². The van der Waals surface area contributed by atoms with Gasteiger partial charge in [-0.15, -0.1) is 0 Å². The minimum absolute atomic E-state index is 0.197. The molecule has 24 heavy (non-hydrogen) atoms. The van der Waals surface area contributed by atoms with Gasteiger partial charge in [0.05, 0.1) is 0 Å². The normalized spacial score (nSPS) is 13.0. The number of halogens is 1. The van der Waals surface area contributed by atoms with Crippen molar-refractivity contribution in [3.05, 3.63) is 72.9 Å². The van der Waals surface area contributed by atoms with Crippen LogP contribution in [0.4, 0.5) is 4.39 Å². The van der Waals surface area contributed by atoms with Crippen LogP contribution in [0.25, 0.3) is 0 Å². The van der Waals surface area contributed by atoms with Gasteiger partial charge in [-0.05, 0) is 38.5 Å². The maximum atomic E-state index is 11.8. The van der Waals surface area contributed by atoms with Crippen LogP contribution in [-0.4, -0.2) is 17.8 Å². The van der Waals surface area contributed by atoms with Crippen molar-refractivity contribution in [1.82, 2.24) is 0 Å². The van der Waals surface area contributed by atoms with Crippen LogP contribution in [0, 0.1) is 0 Å². The number of aliphatic carboxylic acids is 1. The summed E-state index contributed by atoms with van der Waals surface area (Å²) >= 11 is 0. The Balaban J connectivity index is 3.51. The lowest BCUT2D eigenvalue weighted by Crippen LogP contribution is -1.91. The molecule has 0 spiro atoms. The molecule has 0 aliphatic heterocycles. The van der Waals surface area contributed by atoms with Crippen molar-refractivity contribution < 1.29 is 14.3 Å². The summed E-state index contributed by atoms with van der Waals surface area (Å²) in [6.45, 7) is -0.390. The van der Waals surface area contributed by atoms with Crippen LogP contribution < -0.4 is 0 Å². The van der Waals surface area contributed by atoms with E-state index in [0.717, 1.165) is 32.1 Å². The van der Waals surface area contributed by atoms with Gasteiger partial charge >= 0.3 is 5.97 Å². The number of carboxylic acids is 1. The highest BCUT2D eigenvalue weighted by molar-refractivity contribution is 5.66. The first-order valence-electron chi connectivity index (χ1n) is 8.45. The highest BCUT2D eigenvalue weighted by Gasteiger charge is 1.90. The monoisotopic (exact) mass is 332 g/mol. The summed E-state index contributed by atoms with van der Waals surface area (Å²) in [6.07, 6.45) is 29.3. The molecule has 1 N–H and O–H groups in total. The van der Waals surface area contributed by atoms with Gasteiger partial charge in [0.1, 0.15) is 6.67 Å². The summed E-state index contributed by atoms with van der Waals surface area (Å²) in [5.41, 5.74) is 0. The highest BCUT2D eigenvalue weighted by Crippen LogP contribution is 1.97. The third-order valence-corrected chi connectivity index (χ3v) is 2.97. The van der Waals surface area contributed by atoms with Gasteiger partial charge in [-0.25, -0.2) is 4.39 Å². The molecule has 0 amide bonds. The number of alkyl halides is 1. The van der Waals surface area contributed by atoms with Crippen LogP contribution in [0.3, 0.4) is 0 Å². The van der Waals surface area contributed by atoms with Crippen molar-refractivity contribution in [3.63, 3.8) is 0 Å². The average molecular weight is 332 g/mol. The Bertz CT molecular complexity index is 468. The van der Waals surface area contributed by atoms with Crippen molar-refractivity contribution in [3.8, 4) is 0 Å². The van der Waals surface area contributed by atoms with Crippen LogP contribution in [0.1, 0.15) is 44.9 Å². The second kappa shape index (κ2) is 18.9. The van der Waals surface area contributed by atoms with Crippen LogP contribution in [0.5, 0.6) is 0 Å². The van der Waals surface area contributed by atoms with Gasteiger partial charge in [0.2, 0.25) is 0 Å². The molecular formula is C21H29FO2. The third kappa shape index (κ3) is 19.8. The molecule has 0 heterocycles. The fourth-order valence-corrected chi connectivity index (χ4v) is 1.74. The minimum Gasteiger partial charge on any atom is -0.481 e. The summed E-state index contributed by atoms with van der Waals surface area (Å²) in [5.74, 6) is -0.754. The molecule has 0 aromatic carbocycles. The van der Waals surface area contributed by atoms with E-state index in [2.05, 4.69) is 42.5 Å². The third-order valence-electron chi connectivity index (χ3n) is 2.97. The predicted molar refractivity (Wildman–Crippen MR) is 101 cm³/mol. The molecule has 0 aliphatic rings. The first-order valence-corrected chi connectivity index (χ1v) is 8.45. The summed E-state index contributed by atoms with van der Waals surface area (Å²) in [6, 6.07) is 0. The summed E-state index contributed by atoms with van der Waals surface area (Å²) < 4.78 is 11.8. The second-order valence-electron chi connectivity index (χ2n) is 5.09. The van der Waals surface area contributed by atoms with E-state index >= 15 is 0 Å². The van der Waals surface area contributed by atoms with E-state index in [1.807, 2.05) is 24.3 Å². The highest BCUT2D eigenvalue weighted by atomic mass is 19.1. The van der Waals surface area contributed by atoms with E-state index in [1.165, 1.54) is 6.08 Å². The predicted octanol–water partition coefficient (Wildman–Crippen LogP) is 6.11. The van der Waals surface area contributed by atoms with Gasteiger partial charge in [-0.2, -0.15) is 0 Å². The standard InChI is InChI=1S/C21H29FO2/c22-20-18-16-14-12-10-8-6-4-2-1-3-5-7-9-11-13-15-17-19-21(23)24/h1,3-4,6-7,9-10,12-13,15-16,18H,2,5,8,11,14,17,19-20H2,(H,23,24)/b3-1-,6-4-,9-7-,12-10-,15-13-,18-16-. The molecule has 132 valence electrons. The van der Waals surface area contributed by atoms with Crippen LogP contribution in [0.15, 0.2) is 72.9 Å². The maximum absolute atomic E-state index is 11.8. The molecule has 0 saturated heterocycles. The van der Waals surface area contributed by atoms with Crippen LogP contribution >= 0.6 is 0 Å². The fourth-order valence-electron chi connectivity index (χ4n) is 1.74. The van der Waals surface area contributed by atoms with Gasteiger partial charge in [-0.1, -0.05) is 72.9 Å². The molecule has 0 atom stereocenters.